The maximum atomic E-state index is 13.9. The van der Waals surface area contributed by atoms with Gasteiger partial charge in [-0.1, -0.05) is 30.0 Å². The Kier molecular flexibility index (Phi) is 4.12. The van der Waals surface area contributed by atoms with Crippen LogP contribution in [0.2, 0.25) is 0 Å². The molecule has 6 heteroatoms. The Hall–Kier alpha value is -2.86. The molecular weight excluding hydrogens is 351 g/mol. The second-order valence-electron chi connectivity index (χ2n) is 5.99. The van der Waals surface area contributed by atoms with Gasteiger partial charge in [-0.2, -0.15) is 0 Å². The zero-order valence-electron chi connectivity index (χ0n) is 13.9. The number of rotatable bonds is 4. The summed E-state index contributed by atoms with van der Waals surface area (Å²) in [6.45, 7) is 1.70. The Bertz CT molecular complexity index is 1150. The molecule has 4 rings (SSSR count). The largest absolute Gasteiger partial charge is 0.480 e. The Labute approximate surface area is 153 Å². The molecule has 0 bridgehead atoms. The molecule has 0 saturated heterocycles. The van der Waals surface area contributed by atoms with Crippen LogP contribution < -0.4 is 0 Å². The van der Waals surface area contributed by atoms with Crippen molar-refractivity contribution in [3.63, 3.8) is 0 Å². The van der Waals surface area contributed by atoms with Crippen LogP contribution in [0.1, 0.15) is 5.69 Å². The molecular formula is C20H15FN2O2S. The summed E-state index contributed by atoms with van der Waals surface area (Å²) in [6, 6.07) is 14.2. The van der Waals surface area contributed by atoms with Gasteiger partial charge in [0.05, 0.1) is 11.0 Å². The fourth-order valence-electron chi connectivity index (χ4n) is 3.16. The summed E-state index contributed by atoms with van der Waals surface area (Å²) in [5, 5.41) is 11.0. The van der Waals surface area contributed by atoms with E-state index in [9.17, 15) is 14.3 Å². The molecule has 0 aliphatic rings. The molecule has 0 spiro atoms. The number of benzene rings is 2. The van der Waals surface area contributed by atoms with E-state index in [-0.39, 0.29) is 12.4 Å². The van der Waals surface area contributed by atoms with Crippen molar-refractivity contribution in [3.8, 4) is 0 Å². The Morgan fingerprint density at radius 3 is 2.85 bits per heavy atom. The standard InChI is InChI=1S/C20H15FN2O2S/c1-12-20(26-17-6-2-4-13-5-3-9-22-19(13)17)15-10-14(21)7-8-16(15)23(12)11-18(24)25/h2-10H,11H2,1H3,(H,24,25). The lowest BCUT2D eigenvalue weighted by atomic mass is 10.2. The van der Waals surface area contributed by atoms with E-state index in [1.807, 2.05) is 37.3 Å². The Balaban J connectivity index is 1.92. The van der Waals surface area contributed by atoms with Crippen molar-refractivity contribution >= 4 is 39.5 Å². The van der Waals surface area contributed by atoms with Gasteiger partial charge in [-0.15, -0.1) is 0 Å². The predicted octanol–water partition coefficient (Wildman–Crippen LogP) is 4.87. The second kappa shape index (κ2) is 6.46. The van der Waals surface area contributed by atoms with Crippen molar-refractivity contribution in [1.29, 1.82) is 0 Å². The highest BCUT2D eigenvalue weighted by atomic mass is 32.2. The molecule has 26 heavy (non-hydrogen) atoms. The summed E-state index contributed by atoms with van der Waals surface area (Å²) in [5.74, 6) is -1.28. The minimum Gasteiger partial charge on any atom is -0.480 e. The van der Waals surface area contributed by atoms with Gasteiger partial charge in [0.1, 0.15) is 12.4 Å². The monoisotopic (exact) mass is 366 g/mol. The molecule has 2 heterocycles. The second-order valence-corrected chi connectivity index (χ2v) is 7.04. The van der Waals surface area contributed by atoms with Gasteiger partial charge in [0, 0.05) is 32.5 Å². The summed E-state index contributed by atoms with van der Waals surface area (Å²) in [6.07, 6.45) is 1.74. The molecule has 0 unspecified atom stereocenters. The molecule has 0 aliphatic heterocycles. The first-order valence-corrected chi connectivity index (χ1v) is 8.88. The summed E-state index contributed by atoms with van der Waals surface area (Å²) < 4.78 is 15.6. The molecule has 2 aromatic carbocycles. The maximum absolute atomic E-state index is 13.9. The van der Waals surface area contributed by atoms with Gasteiger partial charge < -0.3 is 9.67 Å². The lowest BCUT2D eigenvalue weighted by Gasteiger charge is -2.07. The van der Waals surface area contributed by atoms with Crippen LogP contribution in [0.5, 0.6) is 0 Å². The minimum absolute atomic E-state index is 0.164. The van der Waals surface area contributed by atoms with Crippen LogP contribution in [0, 0.1) is 12.7 Å². The number of para-hydroxylation sites is 1. The Morgan fingerprint density at radius 2 is 2.04 bits per heavy atom. The molecule has 0 amide bonds. The van der Waals surface area contributed by atoms with Crippen molar-refractivity contribution in [2.24, 2.45) is 0 Å². The lowest BCUT2D eigenvalue weighted by molar-refractivity contribution is -0.137. The van der Waals surface area contributed by atoms with Crippen molar-refractivity contribution in [1.82, 2.24) is 9.55 Å². The fraction of sp³-hybridized carbons (Fsp3) is 0.100. The van der Waals surface area contributed by atoms with Crippen LogP contribution in [0.15, 0.2) is 64.5 Å². The van der Waals surface area contributed by atoms with Gasteiger partial charge >= 0.3 is 5.97 Å². The third-order valence-corrected chi connectivity index (χ3v) is 5.60. The SMILES string of the molecule is Cc1c(Sc2cccc3cccnc23)c2cc(F)ccc2n1CC(=O)O. The van der Waals surface area contributed by atoms with Crippen LogP contribution in [0.3, 0.4) is 0 Å². The topological polar surface area (TPSA) is 55.1 Å². The average Bonchev–Trinajstić information content (AvgIpc) is 2.87. The number of hydrogen-bond donors (Lipinski definition) is 1. The van der Waals surface area contributed by atoms with Gasteiger partial charge in [0.25, 0.3) is 0 Å². The molecule has 0 saturated carbocycles. The predicted molar refractivity (Wildman–Crippen MR) is 100 cm³/mol. The lowest BCUT2D eigenvalue weighted by Crippen LogP contribution is -2.09. The van der Waals surface area contributed by atoms with E-state index in [2.05, 4.69) is 4.98 Å². The minimum atomic E-state index is -0.933. The molecule has 2 aromatic heterocycles. The number of aliphatic carboxylic acids is 1. The van der Waals surface area contributed by atoms with E-state index in [0.29, 0.717) is 10.9 Å². The number of carbonyl (C=O) groups is 1. The third kappa shape index (κ3) is 2.82. The summed E-state index contributed by atoms with van der Waals surface area (Å²) in [4.78, 5) is 17.5. The van der Waals surface area contributed by atoms with Crippen LogP contribution in [-0.2, 0) is 11.3 Å². The normalized spacial score (nSPS) is 11.3. The van der Waals surface area contributed by atoms with Crippen molar-refractivity contribution in [2.45, 2.75) is 23.3 Å². The van der Waals surface area contributed by atoms with Gasteiger partial charge in [-0.3, -0.25) is 9.78 Å². The van der Waals surface area contributed by atoms with Gasteiger partial charge in [0.2, 0.25) is 0 Å². The molecule has 4 aromatic rings. The first kappa shape index (κ1) is 16.6. The highest BCUT2D eigenvalue weighted by Gasteiger charge is 2.18. The average molecular weight is 366 g/mol. The Morgan fingerprint density at radius 1 is 1.23 bits per heavy atom. The number of carboxylic acid groups (broad SMARTS) is 1. The molecule has 0 radical (unpaired) electrons. The molecule has 0 fully saturated rings. The van der Waals surface area contributed by atoms with Crippen LogP contribution in [-0.4, -0.2) is 20.6 Å². The summed E-state index contributed by atoms with van der Waals surface area (Å²) >= 11 is 1.49. The number of aromatic nitrogens is 2. The zero-order valence-corrected chi connectivity index (χ0v) is 14.8. The van der Waals surface area contributed by atoms with E-state index in [1.165, 1.54) is 23.9 Å². The molecule has 1 N–H and O–H groups in total. The zero-order chi connectivity index (χ0) is 18.3. The van der Waals surface area contributed by atoms with Crippen molar-refractivity contribution < 1.29 is 14.3 Å². The molecule has 4 nitrogen and oxygen atoms in total. The quantitative estimate of drug-likeness (QED) is 0.560. The van der Waals surface area contributed by atoms with E-state index >= 15 is 0 Å². The van der Waals surface area contributed by atoms with E-state index < -0.39 is 5.97 Å². The van der Waals surface area contributed by atoms with Crippen LogP contribution in [0.25, 0.3) is 21.8 Å². The molecule has 0 atom stereocenters. The number of pyridine rings is 1. The maximum Gasteiger partial charge on any atom is 0.323 e. The van der Waals surface area contributed by atoms with Crippen LogP contribution in [0.4, 0.5) is 4.39 Å². The summed E-state index contributed by atoms with van der Waals surface area (Å²) in [7, 11) is 0. The van der Waals surface area contributed by atoms with Crippen molar-refractivity contribution in [3.05, 3.63) is 66.2 Å². The van der Waals surface area contributed by atoms with Gasteiger partial charge in [-0.25, -0.2) is 4.39 Å². The highest BCUT2D eigenvalue weighted by molar-refractivity contribution is 7.99. The first-order chi connectivity index (χ1) is 12.5. The number of carboxylic acids is 1. The van der Waals surface area contributed by atoms with E-state index in [1.54, 1.807) is 16.8 Å². The molecule has 130 valence electrons. The van der Waals surface area contributed by atoms with E-state index in [0.717, 1.165) is 26.4 Å². The number of halogens is 1. The number of hydrogen-bond acceptors (Lipinski definition) is 3. The highest BCUT2D eigenvalue weighted by Crippen LogP contribution is 2.40. The third-order valence-electron chi connectivity index (χ3n) is 4.33. The molecule has 0 aliphatic carbocycles. The first-order valence-electron chi connectivity index (χ1n) is 8.06. The fourth-order valence-corrected chi connectivity index (χ4v) is 4.33. The van der Waals surface area contributed by atoms with Gasteiger partial charge in [0.15, 0.2) is 0 Å². The number of nitrogens with zero attached hydrogens (tertiary/aromatic N) is 2. The summed E-state index contributed by atoms with van der Waals surface area (Å²) in [5.41, 5.74) is 2.38. The number of fused-ring (bicyclic) bond motifs is 2. The van der Waals surface area contributed by atoms with Crippen molar-refractivity contribution in [2.75, 3.05) is 0 Å². The van der Waals surface area contributed by atoms with Gasteiger partial charge in [-0.05, 0) is 37.3 Å². The van der Waals surface area contributed by atoms with Crippen LogP contribution >= 0.6 is 11.8 Å². The smallest absolute Gasteiger partial charge is 0.323 e. The van der Waals surface area contributed by atoms with E-state index in [4.69, 9.17) is 0 Å².